The van der Waals surface area contributed by atoms with Crippen molar-refractivity contribution in [2.24, 2.45) is 5.73 Å². The molecule has 0 unspecified atom stereocenters. The molecule has 0 saturated heterocycles. The zero-order chi connectivity index (χ0) is 12.7. The molecule has 0 aliphatic carbocycles. The third-order valence-corrected chi connectivity index (χ3v) is 3.02. The van der Waals surface area contributed by atoms with Crippen molar-refractivity contribution >= 4 is 0 Å². The van der Waals surface area contributed by atoms with Gasteiger partial charge in [0.2, 0.25) is 0 Å². The Bertz CT molecular complexity index is 324. The van der Waals surface area contributed by atoms with Gasteiger partial charge in [-0.05, 0) is 74.9 Å². The number of ether oxygens (including phenoxy) is 1. The Balaban J connectivity index is 2.72. The third kappa shape index (κ3) is 4.39. The fourth-order valence-electron chi connectivity index (χ4n) is 2.10. The highest BCUT2D eigenvalue weighted by Gasteiger charge is 2.05. The molecule has 17 heavy (non-hydrogen) atoms. The molecule has 0 fully saturated rings. The maximum Gasteiger partial charge on any atom is 0.119 e. The summed E-state index contributed by atoms with van der Waals surface area (Å²) in [7, 11) is 0. The number of benzene rings is 1. The molecule has 0 atom stereocenters. The first-order valence-corrected chi connectivity index (χ1v) is 6.62. The summed E-state index contributed by atoms with van der Waals surface area (Å²) in [6.45, 7) is 8.05. The van der Waals surface area contributed by atoms with Gasteiger partial charge in [0.15, 0.2) is 0 Å². The Hall–Kier alpha value is -1.02. The van der Waals surface area contributed by atoms with Gasteiger partial charge in [0, 0.05) is 0 Å². The average Bonchev–Trinajstić information content (AvgIpc) is 2.30. The smallest absolute Gasteiger partial charge is 0.119 e. The highest BCUT2D eigenvalue weighted by molar-refractivity contribution is 5.41. The molecule has 0 saturated carbocycles. The van der Waals surface area contributed by atoms with Crippen molar-refractivity contribution in [2.75, 3.05) is 13.2 Å². The van der Waals surface area contributed by atoms with Crippen LogP contribution in [0.15, 0.2) is 12.1 Å². The summed E-state index contributed by atoms with van der Waals surface area (Å²) in [5, 5.41) is 0. The zero-order valence-electron chi connectivity index (χ0n) is 11.4. The van der Waals surface area contributed by atoms with E-state index in [1.807, 2.05) is 0 Å². The quantitative estimate of drug-likeness (QED) is 0.735. The predicted molar refractivity (Wildman–Crippen MR) is 73.7 cm³/mol. The summed E-state index contributed by atoms with van der Waals surface area (Å²) < 4.78 is 5.68. The molecule has 96 valence electrons. The lowest BCUT2D eigenvalue weighted by Gasteiger charge is -2.13. The van der Waals surface area contributed by atoms with Gasteiger partial charge < -0.3 is 10.5 Å². The molecule has 1 aromatic rings. The van der Waals surface area contributed by atoms with E-state index in [2.05, 4.69) is 32.9 Å². The van der Waals surface area contributed by atoms with Gasteiger partial charge >= 0.3 is 0 Å². The van der Waals surface area contributed by atoms with E-state index >= 15 is 0 Å². The van der Waals surface area contributed by atoms with Crippen LogP contribution in [0.2, 0.25) is 0 Å². The Morgan fingerprint density at radius 1 is 1.12 bits per heavy atom. The summed E-state index contributed by atoms with van der Waals surface area (Å²) in [6, 6.07) is 4.31. The van der Waals surface area contributed by atoms with Crippen LogP contribution in [-0.4, -0.2) is 13.2 Å². The van der Waals surface area contributed by atoms with Gasteiger partial charge in [-0.25, -0.2) is 0 Å². The van der Waals surface area contributed by atoms with Crippen molar-refractivity contribution in [2.45, 2.75) is 46.5 Å². The maximum absolute atomic E-state index is 5.68. The number of aryl methyl sites for hydroxylation is 2. The van der Waals surface area contributed by atoms with Crippen LogP contribution in [0.25, 0.3) is 0 Å². The standard InChI is InChI=1S/C15H25NO/c1-4-9-17-14-10-12(2)15(13(3)11-14)7-5-6-8-16/h10-11H,4-9,16H2,1-3H3. The summed E-state index contributed by atoms with van der Waals surface area (Å²) in [4.78, 5) is 0. The lowest BCUT2D eigenvalue weighted by Crippen LogP contribution is -2.02. The molecule has 1 rings (SSSR count). The lowest BCUT2D eigenvalue weighted by molar-refractivity contribution is 0.317. The normalized spacial score (nSPS) is 10.6. The van der Waals surface area contributed by atoms with Gasteiger partial charge in [-0.15, -0.1) is 0 Å². The summed E-state index contributed by atoms with van der Waals surface area (Å²) in [6.07, 6.45) is 4.46. The van der Waals surface area contributed by atoms with Crippen LogP contribution in [0.1, 0.15) is 42.9 Å². The molecule has 0 radical (unpaired) electrons. The van der Waals surface area contributed by atoms with Crippen LogP contribution in [-0.2, 0) is 6.42 Å². The first-order valence-electron chi connectivity index (χ1n) is 6.62. The highest BCUT2D eigenvalue weighted by atomic mass is 16.5. The molecule has 0 bridgehead atoms. The molecule has 0 aliphatic rings. The zero-order valence-corrected chi connectivity index (χ0v) is 11.4. The molecule has 0 aliphatic heterocycles. The van der Waals surface area contributed by atoms with Crippen LogP contribution in [0.4, 0.5) is 0 Å². The molecule has 2 nitrogen and oxygen atoms in total. The molecule has 2 N–H and O–H groups in total. The van der Waals surface area contributed by atoms with E-state index < -0.39 is 0 Å². The monoisotopic (exact) mass is 235 g/mol. The average molecular weight is 235 g/mol. The van der Waals surface area contributed by atoms with E-state index in [4.69, 9.17) is 10.5 Å². The van der Waals surface area contributed by atoms with Crippen LogP contribution in [0, 0.1) is 13.8 Å². The van der Waals surface area contributed by atoms with Gasteiger partial charge in [-0.1, -0.05) is 6.92 Å². The third-order valence-electron chi connectivity index (χ3n) is 3.02. The largest absolute Gasteiger partial charge is 0.494 e. The van der Waals surface area contributed by atoms with Crippen molar-refractivity contribution in [3.05, 3.63) is 28.8 Å². The van der Waals surface area contributed by atoms with E-state index in [1.54, 1.807) is 0 Å². The molecular weight excluding hydrogens is 210 g/mol. The number of rotatable bonds is 7. The minimum atomic E-state index is 0.787. The first kappa shape index (κ1) is 14.0. The van der Waals surface area contributed by atoms with Crippen molar-refractivity contribution in [1.29, 1.82) is 0 Å². The second kappa shape index (κ2) is 7.33. The minimum absolute atomic E-state index is 0.787. The van der Waals surface area contributed by atoms with Gasteiger partial charge in [0.05, 0.1) is 6.61 Å². The highest BCUT2D eigenvalue weighted by Crippen LogP contribution is 2.23. The van der Waals surface area contributed by atoms with Crippen molar-refractivity contribution in [1.82, 2.24) is 0 Å². The van der Waals surface area contributed by atoms with E-state index in [1.165, 1.54) is 23.1 Å². The van der Waals surface area contributed by atoms with Crippen molar-refractivity contribution < 1.29 is 4.74 Å². The minimum Gasteiger partial charge on any atom is -0.494 e. The summed E-state index contributed by atoms with van der Waals surface area (Å²) in [5.41, 5.74) is 9.67. The predicted octanol–water partition coefficient (Wildman–Crippen LogP) is 3.37. The molecular formula is C15H25NO. The Labute approximate surface area is 105 Å². The van der Waals surface area contributed by atoms with Crippen LogP contribution < -0.4 is 10.5 Å². The second-order valence-electron chi connectivity index (χ2n) is 4.63. The van der Waals surface area contributed by atoms with E-state index in [-0.39, 0.29) is 0 Å². The number of hydrogen-bond donors (Lipinski definition) is 1. The molecule has 1 aromatic carbocycles. The van der Waals surface area contributed by atoms with Crippen molar-refractivity contribution in [3.63, 3.8) is 0 Å². The van der Waals surface area contributed by atoms with Gasteiger partial charge in [0.25, 0.3) is 0 Å². The first-order chi connectivity index (χ1) is 8.19. The van der Waals surface area contributed by atoms with Crippen LogP contribution in [0.5, 0.6) is 5.75 Å². The number of unbranched alkanes of at least 4 members (excludes halogenated alkanes) is 1. The van der Waals surface area contributed by atoms with Crippen LogP contribution >= 0.6 is 0 Å². The summed E-state index contributed by atoms with van der Waals surface area (Å²) in [5.74, 6) is 1.00. The van der Waals surface area contributed by atoms with Gasteiger partial charge in [-0.2, -0.15) is 0 Å². The van der Waals surface area contributed by atoms with Crippen LogP contribution in [0.3, 0.4) is 0 Å². The van der Waals surface area contributed by atoms with Gasteiger partial charge in [-0.3, -0.25) is 0 Å². The molecule has 0 spiro atoms. The lowest BCUT2D eigenvalue weighted by atomic mass is 9.97. The van der Waals surface area contributed by atoms with E-state index in [9.17, 15) is 0 Å². The molecule has 0 aromatic heterocycles. The molecule has 2 heteroatoms. The topological polar surface area (TPSA) is 35.2 Å². The van der Waals surface area contributed by atoms with Gasteiger partial charge in [0.1, 0.15) is 5.75 Å². The Kier molecular flexibility index (Phi) is 6.06. The fraction of sp³-hybridized carbons (Fsp3) is 0.600. The SMILES string of the molecule is CCCOc1cc(C)c(CCCCN)c(C)c1. The van der Waals surface area contributed by atoms with Crippen molar-refractivity contribution in [3.8, 4) is 5.75 Å². The van der Waals surface area contributed by atoms with E-state index in [0.29, 0.717) is 0 Å². The van der Waals surface area contributed by atoms with E-state index in [0.717, 1.165) is 38.2 Å². The number of hydrogen-bond acceptors (Lipinski definition) is 2. The Morgan fingerprint density at radius 2 is 1.76 bits per heavy atom. The number of nitrogens with two attached hydrogens (primary N) is 1. The fourth-order valence-corrected chi connectivity index (χ4v) is 2.10. The Morgan fingerprint density at radius 3 is 2.29 bits per heavy atom. The molecule has 0 heterocycles. The second-order valence-corrected chi connectivity index (χ2v) is 4.63. The maximum atomic E-state index is 5.68. The summed E-state index contributed by atoms with van der Waals surface area (Å²) >= 11 is 0. The molecule has 0 amide bonds.